The summed E-state index contributed by atoms with van der Waals surface area (Å²) in [5.74, 6) is 1.47. The van der Waals surface area contributed by atoms with Crippen LogP contribution >= 0.6 is 0 Å². The Morgan fingerprint density at radius 3 is 2.74 bits per heavy atom. The molecule has 0 aliphatic rings. The molecule has 23 heavy (non-hydrogen) atoms. The molecule has 3 aromatic rings. The van der Waals surface area contributed by atoms with Crippen LogP contribution in [-0.2, 0) is 4.74 Å². The van der Waals surface area contributed by atoms with Crippen molar-refractivity contribution in [2.24, 2.45) is 0 Å². The highest BCUT2D eigenvalue weighted by atomic mass is 16.5. The lowest BCUT2D eigenvalue weighted by Crippen LogP contribution is -2.22. The SMILES string of the molecule is CCCC(CNc1ccc2nnc(-c3ccncc3)n2n1)OC. The molecule has 0 fully saturated rings. The molecule has 3 heterocycles. The van der Waals surface area contributed by atoms with Gasteiger partial charge in [-0.2, -0.15) is 4.52 Å². The summed E-state index contributed by atoms with van der Waals surface area (Å²) >= 11 is 0. The number of hydrogen-bond donors (Lipinski definition) is 1. The third-order valence-corrected chi connectivity index (χ3v) is 3.66. The van der Waals surface area contributed by atoms with Crippen LogP contribution in [0.25, 0.3) is 17.0 Å². The Morgan fingerprint density at radius 1 is 1.17 bits per heavy atom. The second kappa shape index (κ2) is 7.15. The molecule has 3 rings (SSSR count). The smallest absolute Gasteiger partial charge is 0.185 e. The van der Waals surface area contributed by atoms with Crippen LogP contribution < -0.4 is 5.32 Å². The molecule has 7 heteroatoms. The fourth-order valence-corrected chi connectivity index (χ4v) is 2.41. The number of aromatic nitrogens is 5. The van der Waals surface area contributed by atoms with Gasteiger partial charge in [0.25, 0.3) is 0 Å². The van der Waals surface area contributed by atoms with E-state index < -0.39 is 0 Å². The van der Waals surface area contributed by atoms with Crippen molar-refractivity contribution in [2.45, 2.75) is 25.9 Å². The number of rotatable bonds is 7. The van der Waals surface area contributed by atoms with Gasteiger partial charge in [0.2, 0.25) is 0 Å². The molecular formula is C16H20N6O. The quantitative estimate of drug-likeness (QED) is 0.722. The first-order valence-electron chi connectivity index (χ1n) is 7.71. The van der Waals surface area contributed by atoms with E-state index in [9.17, 15) is 0 Å². The summed E-state index contributed by atoms with van der Waals surface area (Å²) in [5, 5.41) is 16.3. The molecule has 0 saturated heterocycles. The molecule has 0 radical (unpaired) electrons. The minimum Gasteiger partial charge on any atom is -0.380 e. The highest BCUT2D eigenvalue weighted by Gasteiger charge is 2.11. The molecule has 7 nitrogen and oxygen atoms in total. The average molecular weight is 312 g/mol. The highest BCUT2D eigenvalue weighted by molar-refractivity contribution is 5.58. The van der Waals surface area contributed by atoms with Crippen LogP contribution in [-0.4, -0.2) is 44.6 Å². The van der Waals surface area contributed by atoms with E-state index in [-0.39, 0.29) is 6.10 Å². The lowest BCUT2D eigenvalue weighted by molar-refractivity contribution is 0.105. The third-order valence-electron chi connectivity index (χ3n) is 3.66. The number of fused-ring (bicyclic) bond motifs is 1. The molecular weight excluding hydrogens is 292 g/mol. The van der Waals surface area contributed by atoms with Crippen molar-refractivity contribution < 1.29 is 4.74 Å². The predicted molar refractivity (Wildman–Crippen MR) is 88.2 cm³/mol. The van der Waals surface area contributed by atoms with Crippen molar-refractivity contribution >= 4 is 11.5 Å². The van der Waals surface area contributed by atoms with Gasteiger partial charge in [-0.25, -0.2) is 0 Å². The minimum atomic E-state index is 0.179. The van der Waals surface area contributed by atoms with E-state index in [0.29, 0.717) is 11.5 Å². The second-order valence-corrected chi connectivity index (χ2v) is 5.28. The maximum absolute atomic E-state index is 5.45. The predicted octanol–water partition coefficient (Wildman–Crippen LogP) is 2.41. The largest absolute Gasteiger partial charge is 0.380 e. The summed E-state index contributed by atoms with van der Waals surface area (Å²) in [6.45, 7) is 2.87. The van der Waals surface area contributed by atoms with Crippen LogP contribution in [0, 0.1) is 0 Å². The number of hydrogen-bond acceptors (Lipinski definition) is 6. The Labute approximate surface area is 134 Å². The van der Waals surface area contributed by atoms with Gasteiger partial charge >= 0.3 is 0 Å². The standard InChI is InChI=1S/C16H20N6O/c1-3-4-13(23-2)11-18-14-5-6-15-19-20-16(22(15)21-14)12-7-9-17-10-8-12/h5-10,13H,3-4,11H2,1-2H3,(H,18,21). The van der Waals surface area contributed by atoms with E-state index in [1.165, 1.54) is 0 Å². The fraction of sp³-hybridized carbons (Fsp3) is 0.375. The van der Waals surface area contributed by atoms with Crippen LogP contribution in [0.3, 0.4) is 0 Å². The topological polar surface area (TPSA) is 77.2 Å². The summed E-state index contributed by atoms with van der Waals surface area (Å²) < 4.78 is 7.18. The van der Waals surface area contributed by atoms with E-state index in [1.54, 1.807) is 24.0 Å². The van der Waals surface area contributed by atoms with Crippen molar-refractivity contribution in [1.29, 1.82) is 0 Å². The van der Waals surface area contributed by atoms with Crippen molar-refractivity contribution in [3.05, 3.63) is 36.7 Å². The zero-order valence-electron chi connectivity index (χ0n) is 13.3. The van der Waals surface area contributed by atoms with E-state index in [1.807, 2.05) is 24.3 Å². The number of nitrogens with one attached hydrogen (secondary N) is 1. The third kappa shape index (κ3) is 3.45. The van der Waals surface area contributed by atoms with Gasteiger partial charge in [-0.3, -0.25) is 4.98 Å². The Hall–Kier alpha value is -2.54. The maximum atomic E-state index is 5.45. The second-order valence-electron chi connectivity index (χ2n) is 5.28. The first-order chi connectivity index (χ1) is 11.3. The maximum Gasteiger partial charge on any atom is 0.185 e. The molecule has 0 aromatic carbocycles. The van der Waals surface area contributed by atoms with E-state index in [2.05, 4.69) is 32.5 Å². The molecule has 0 spiro atoms. The number of nitrogens with zero attached hydrogens (tertiary/aromatic N) is 5. The van der Waals surface area contributed by atoms with Crippen molar-refractivity contribution in [2.75, 3.05) is 19.0 Å². The minimum absolute atomic E-state index is 0.179. The van der Waals surface area contributed by atoms with E-state index in [0.717, 1.165) is 30.8 Å². The normalized spacial score (nSPS) is 12.4. The first-order valence-corrected chi connectivity index (χ1v) is 7.71. The Morgan fingerprint density at radius 2 is 2.00 bits per heavy atom. The molecule has 0 aliphatic heterocycles. The zero-order chi connectivity index (χ0) is 16.1. The molecule has 1 N–H and O–H groups in total. The summed E-state index contributed by atoms with van der Waals surface area (Å²) in [7, 11) is 1.74. The number of pyridine rings is 1. The van der Waals surface area contributed by atoms with Crippen molar-refractivity contribution in [3.63, 3.8) is 0 Å². The monoisotopic (exact) mass is 312 g/mol. The molecule has 0 amide bonds. The number of anilines is 1. The summed E-state index contributed by atoms with van der Waals surface area (Å²) in [5.41, 5.74) is 1.64. The van der Waals surface area contributed by atoms with Crippen LogP contribution in [0.5, 0.6) is 0 Å². The Kier molecular flexibility index (Phi) is 4.77. The number of ether oxygens (including phenoxy) is 1. The zero-order valence-corrected chi connectivity index (χ0v) is 13.3. The fourth-order valence-electron chi connectivity index (χ4n) is 2.41. The van der Waals surface area contributed by atoms with Crippen LogP contribution in [0.15, 0.2) is 36.7 Å². The van der Waals surface area contributed by atoms with Gasteiger partial charge < -0.3 is 10.1 Å². The summed E-state index contributed by atoms with van der Waals surface area (Å²) in [6, 6.07) is 7.58. The van der Waals surface area contributed by atoms with Gasteiger partial charge in [0, 0.05) is 31.6 Å². The molecule has 0 aliphatic carbocycles. The van der Waals surface area contributed by atoms with Gasteiger partial charge in [-0.15, -0.1) is 15.3 Å². The van der Waals surface area contributed by atoms with E-state index in [4.69, 9.17) is 4.74 Å². The molecule has 0 bridgehead atoms. The highest BCUT2D eigenvalue weighted by Crippen LogP contribution is 2.17. The van der Waals surface area contributed by atoms with Gasteiger partial charge in [0.1, 0.15) is 5.82 Å². The lowest BCUT2D eigenvalue weighted by atomic mass is 10.2. The van der Waals surface area contributed by atoms with Crippen molar-refractivity contribution in [1.82, 2.24) is 24.8 Å². The van der Waals surface area contributed by atoms with Gasteiger partial charge in [-0.1, -0.05) is 13.3 Å². The Bertz CT molecular complexity index is 758. The van der Waals surface area contributed by atoms with Crippen molar-refractivity contribution in [3.8, 4) is 11.4 Å². The van der Waals surface area contributed by atoms with Gasteiger partial charge in [0.15, 0.2) is 11.5 Å². The van der Waals surface area contributed by atoms with Gasteiger partial charge in [0.05, 0.1) is 6.10 Å². The van der Waals surface area contributed by atoms with E-state index >= 15 is 0 Å². The molecule has 3 aromatic heterocycles. The summed E-state index contributed by atoms with van der Waals surface area (Å²) in [4.78, 5) is 4.02. The molecule has 1 unspecified atom stereocenters. The van der Waals surface area contributed by atoms with Crippen LogP contribution in [0.1, 0.15) is 19.8 Å². The number of methoxy groups -OCH3 is 1. The molecule has 0 saturated carbocycles. The average Bonchev–Trinajstić information content (AvgIpc) is 3.02. The van der Waals surface area contributed by atoms with Gasteiger partial charge in [-0.05, 0) is 30.7 Å². The van der Waals surface area contributed by atoms with Crippen LogP contribution in [0.2, 0.25) is 0 Å². The lowest BCUT2D eigenvalue weighted by Gasteiger charge is -2.15. The summed E-state index contributed by atoms with van der Waals surface area (Å²) in [6.07, 6.45) is 5.74. The molecule has 1 atom stereocenters. The van der Waals surface area contributed by atoms with Crippen LogP contribution in [0.4, 0.5) is 5.82 Å². The molecule has 120 valence electrons. The Balaban J connectivity index is 1.83. The first kappa shape index (κ1) is 15.4.